The van der Waals surface area contributed by atoms with Gasteiger partial charge in [-0.3, -0.25) is 4.79 Å². The van der Waals surface area contributed by atoms with Gasteiger partial charge in [-0.05, 0) is 25.0 Å². The number of carbonyl (C=O) groups excluding carboxylic acids is 2. The van der Waals surface area contributed by atoms with Crippen LogP contribution in [0.3, 0.4) is 0 Å². The third kappa shape index (κ3) is 3.96. The lowest BCUT2D eigenvalue weighted by atomic mass is 10.2. The van der Waals surface area contributed by atoms with Gasteiger partial charge in [0.1, 0.15) is 5.82 Å². The fourth-order valence-electron chi connectivity index (χ4n) is 2.47. The zero-order valence-corrected chi connectivity index (χ0v) is 12.8. The number of amides is 3. The average Bonchev–Trinajstić information content (AvgIpc) is 2.78. The number of halogens is 1. The quantitative estimate of drug-likeness (QED) is 0.929. The Kier molecular flexibility index (Phi) is 5.75. The molecule has 1 aliphatic heterocycles. The summed E-state index contributed by atoms with van der Waals surface area (Å²) in [6, 6.07) is 5.90. The van der Waals surface area contributed by atoms with Crippen LogP contribution in [0.25, 0.3) is 0 Å². The number of nitrogens with one attached hydrogen (secondary N) is 1. The molecule has 0 radical (unpaired) electrons. The predicted octanol–water partition coefficient (Wildman–Crippen LogP) is 2.09. The first-order valence-corrected chi connectivity index (χ1v) is 7.70. The summed E-state index contributed by atoms with van der Waals surface area (Å²) in [4.78, 5) is 27.7. The van der Waals surface area contributed by atoms with E-state index in [1.165, 1.54) is 12.1 Å². The van der Waals surface area contributed by atoms with Crippen LogP contribution in [0.2, 0.25) is 0 Å². The van der Waals surface area contributed by atoms with Gasteiger partial charge in [0.15, 0.2) is 0 Å². The van der Waals surface area contributed by atoms with Crippen molar-refractivity contribution in [2.45, 2.75) is 19.8 Å². The molecule has 0 aliphatic carbocycles. The van der Waals surface area contributed by atoms with E-state index in [0.29, 0.717) is 39.1 Å². The SMILES string of the molecule is CCCNC(=O)N1CCCN(C(=O)c2ccccc2F)CC1. The molecule has 1 aliphatic rings. The van der Waals surface area contributed by atoms with E-state index < -0.39 is 5.82 Å². The zero-order valence-electron chi connectivity index (χ0n) is 12.8. The number of carbonyl (C=O) groups is 2. The maximum atomic E-state index is 13.7. The maximum Gasteiger partial charge on any atom is 0.317 e. The van der Waals surface area contributed by atoms with Crippen molar-refractivity contribution in [3.05, 3.63) is 35.6 Å². The molecule has 120 valence electrons. The Labute approximate surface area is 130 Å². The fraction of sp³-hybridized carbons (Fsp3) is 0.500. The van der Waals surface area contributed by atoms with E-state index in [-0.39, 0.29) is 17.5 Å². The first kappa shape index (κ1) is 16.3. The number of rotatable bonds is 3. The van der Waals surface area contributed by atoms with Gasteiger partial charge in [-0.1, -0.05) is 19.1 Å². The van der Waals surface area contributed by atoms with Gasteiger partial charge in [0, 0.05) is 32.7 Å². The Bertz CT molecular complexity index is 536. The van der Waals surface area contributed by atoms with Crippen molar-refractivity contribution in [2.75, 3.05) is 32.7 Å². The van der Waals surface area contributed by atoms with E-state index in [4.69, 9.17) is 0 Å². The third-order valence-electron chi connectivity index (χ3n) is 3.70. The van der Waals surface area contributed by atoms with Crippen molar-refractivity contribution in [1.82, 2.24) is 15.1 Å². The molecule has 1 N–H and O–H groups in total. The third-order valence-corrected chi connectivity index (χ3v) is 3.70. The largest absolute Gasteiger partial charge is 0.338 e. The lowest BCUT2D eigenvalue weighted by Crippen LogP contribution is -2.42. The molecule has 1 heterocycles. The molecule has 0 atom stereocenters. The second kappa shape index (κ2) is 7.77. The second-order valence-electron chi connectivity index (χ2n) is 5.34. The van der Waals surface area contributed by atoms with Crippen molar-refractivity contribution in [1.29, 1.82) is 0 Å². The van der Waals surface area contributed by atoms with E-state index in [1.54, 1.807) is 21.9 Å². The number of urea groups is 1. The standard InChI is InChI=1S/C16H22FN3O2/c1-2-8-18-16(22)20-10-5-9-19(11-12-20)15(21)13-6-3-4-7-14(13)17/h3-4,6-7H,2,5,8-12H2,1H3,(H,18,22). The molecule has 0 saturated carbocycles. The smallest absolute Gasteiger partial charge is 0.317 e. The van der Waals surface area contributed by atoms with Crippen molar-refractivity contribution in [3.63, 3.8) is 0 Å². The number of benzene rings is 1. The molecular weight excluding hydrogens is 285 g/mol. The van der Waals surface area contributed by atoms with Gasteiger partial charge < -0.3 is 15.1 Å². The van der Waals surface area contributed by atoms with Crippen molar-refractivity contribution in [3.8, 4) is 0 Å². The van der Waals surface area contributed by atoms with Gasteiger partial charge in [0.2, 0.25) is 0 Å². The van der Waals surface area contributed by atoms with E-state index in [9.17, 15) is 14.0 Å². The second-order valence-corrected chi connectivity index (χ2v) is 5.34. The van der Waals surface area contributed by atoms with E-state index >= 15 is 0 Å². The Hall–Kier alpha value is -2.11. The summed E-state index contributed by atoms with van der Waals surface area (Å²) in [5, 5.41) is 2.84. The van der Waals surface area contributed by atoms with E-state index in [0.717, 1.165) is 6.42 Å². The Balaban J connectivity index is 1.97. The zero-order chi connectivity index (χ0) is 15.9. The molecule has 0 aromatic heterocycles. The molecule has 0 unspecified atom stereocenters. The molecule has 1 aromatic rings. The normalized spacial score (nSPS) is 15.4. The maximum absolute atomic E-state index is 13.7. The number of hydrogen-bond donors (Lipinski definition) is 1. The molecule has 1 saturated heterocycles. The minimum Gasteiger partial charge on any atom is -0.338 e. The Morgan fingerprint density at radius 3 is 2.55 bits per heavy atom. The monoisotopic (exact) mass is 307 g/mol. The Morgan fingerprint density at radius 2 is 1.82 bits per heavy atom. The molecular formula is C16H22FN3O2. The lowest BCUT2D eigenvalue weighted by molar-refractivity contribution is 0.0757. The van der Waals surface area contributed by atoms with Crippen LogP contribution in [0.4, 0.5) is 9.18 Å². The van der Waals surface area contributed by atoms with Crippen LogP contribution in [0, 0.1) is 5.82 Å². The van der Waals surface area contributed by atoms with Crippen LogP contribution in [-0.2, 0) is 0 Å². The van der Waals surface area contributed by atoms with E-state index in [2.05, 4.69) is 5.32 Å². The summed E-state index contributed by atoms with van der Waals surface area (Å²) in [7, 11) is 0. The van der Waals surface area contributed by atoms with Crippen LogP contribution in [-0.4, -0.2) is 54.5 Å². The molecule has 1 fully saturated rings. The predicted molar refractivity (Wildman–Crippen MR) is 82.2 cm³/mol. The van der Waals surface area contributed by atoms with Gasteiger partial charge in [0.05, 0.1) is 5.56 Å². The van der Waals surface area contributed by atoms with Crippen LogP contribution >= 0.6 is 0 Å². The van der Waals surface area contributed by atoms with E-state index in [1.807, 2.05) is 6.92 Å². The van der Waals surface area contributed by atoms with Gasteiger partial charge >= 0.3 is 6.03 Å². The van der Waals surface area contributed by atoms with Crippen LogP contribution < -0.4 is 5.32 Å². The highest BCUT2D eigenvalue weighted by atomic mass is 19.1. The molecule has 6 heteroatoms. The summed E-state index contributed by atoms with van der Waals surface area (Å²) in [5.74, 6) is -0.816. The number of hydrogen-bond acceptors (Lipinski definition) is 2. The molecule has 1 aromatic carbocycles. The summed E-state index contributed by atoms with van der Waals surface area (Å²) in [6.45, 7) is 4.68. The van der Waals surface area contributed by atoms with Gasteiger partial charge in [-0.15, -0.1) is 0 Å². The minimum atomic E-state index is -0.505. The molecule has 2 rings (SSSR count). The minimum absolute atomic E-state index is 0.0892. The molecule has 3 amide bonds. The summed E-state index contributed by atoms with van der Waals surface area (Å²) in [6.07, 6.45) is 1.58. The van der Waals surface area contributed by atoms with Gasteiger partial charge in [-0.2, -0.15) is 0 Å². The summed E-state index contributed by atoms with van der Waals surface area (Å²) < 4.78 is 13.7. The topological polar surface area (TPSA) is 52.7 Å². The fourth-order valence-corrected chi connectivity index (χ4v) is 2.47. The first-order chi connectivity index (χ1) is 10.6. The average molecular weight is 307 g/mol. The summed E-state index contributed by atoms with van der Waals surface area (Å²) >= 11 is 0. The van der Waals surface area contributed by atoms with Gasteiger partial charge in [0.25, 0.3) is 5.91 Å². The molecule has 5 nitrogen and oxygen atoms in total. The highest BCUT2D eigenvalue weighted by Crippen LogP contribution is 2.12. The molecule has 22 heavy (non-hydrogen) atoms. The van der Waals surface area contributed by atoms with Crippen LogP contribution in [0.5, 0.6) is 0 Å². The first-order valence-electron chi connectivity index (χ1n) is 7.70. The highest BCUT2D eigenvalue weighted by molar-refractivity contribution is 5.94. The van der Waals surface area contributed by atoms with Crippen LogP contribution in [0.1, 0.15) is 30.1 Å². The van der Waals surface area contributed by atoms with Crippen molar-refractivity contribution >= 4 is 11.9 Å². The van der Waals surface area contributed by atoms with Crippen molar-refractivity contribution in [2.24, 2.45) is 0 Å². The summed E-state index contributed by atoms with van der Waals surface area (Å²) in [5.41, 5.74) is 0.0892. The number of nitrogens with zero attached hydrogens (tertiary/aromatic N) is 2. The lowest BCUT2D eigenvalue weighted by Gasteiger charge is -2.22. The van der Waals surface area contributed by atoms with Gasteiger partial charge in [-0.25, -0.2) is 9.18 Å². The Morgan fingerprint density at radius 1 is 1.14 bits per heavy atom. The molecule has 0 bridgehead atoms. The van der Waals surface area contributed by atoms with Crippen LogP contribution in [0.15, 0.2) is 24.3 Å². The molecule has 0 spiro atoms. The van der Waals surface area contributed by atoms with Crippen molar-refractivity contribution < 1.29 is 14.0 Å². The highest BCUT2D eigenvalue weighted by Gasteiger charge is 2.23.